The number of carbonyl (C=O) groups is 1. The maximum Gasteiger partial charge on any atom is 0.471 e. The highest BCUT2D eigenvalue weighted by molar-refractivity contribution is 9.09. The SMILES string of the molecule is CC1OC(O[Si](C)(C)C(C)(C)C)CC(NC(=O)C(F)(F)F)C1Br. The minimum absolute atomic E-state index is 0.0461. The Hall–Kier alpha value is -0.123. The highest BCUT2D eigenvalue weighted by Gasteiger charge is 2.46. The Morgan fingerprint density at radius 1 is 1.30 bits per heavy atom. The normalized spacial score (nSPS) is 30.2. The molecular formula is C14H25BrF3NO3Si. The molecule has 0 aromatic rings. The van der Waals surface area contributed by atoms with Gasteiger partial charge in [0.2, 0.25) is 0 Å². The monoisotopic (exact) mass is 419 g/mol. The van der Waals surface area contributed by atoms with E-state index >= 15 is 0 Å². The third kappa shape index (κ3) is 5.44. The molecule has 1 saturated heterocycles. The zero-order chi connectivity index (χ0) is 18.2. The van der Waals surface area contributed by atoms with Crippen LogP contribution in [0.25, 0.3) is 0 Å². The second kappa shape index (κ2) is 7.01. The third-order valence-electron chi connectivity index (χ3n) is 4.45. The van der Waals surface area contributed by atoms with Crippen LogP contribution >= 0.6 is 15.9 Å². The van der Waals surface area contributed by atoms with Crippen molar-refractivity contribution >= 4 is 30.2 Å². The van der Waals surface area contributed by atoms with E-state index in [0.29, 0.717) is 0 Å². The van der Waals surface area contributed by atoms with E-state index in [9.17, 15) is 18.0 Å². The van der Waals surface area contributed by atoms with Crippen LogP contribution in [0.15, 0.2) is 0 Å². The summed E-state index contributed by atoms with van der Waals surface area (Å²) in [6, 6.07) is -0.706. The molecule has 4 nitrogen and oxygen atoms in total. The predicted molar refractivity (Wildman–Crippen MR) is 87.9 cm³/mol. The minimum Gasteiger partial charge on any atom is -0.392 e. The fourth-order valence-corrected chi connectivity index (χ4v) is 3.64. The number of amides is 1. The molecule has 9 heteroatoms. The summed E-state index contributed by atoms with van der Waals surface area (Å²) in [4.78, 5) is 10.8. The lowest BCUT2D eigenvalue weighted by atomic mass is 10.0. The van der Waals surface area contributed by atoms with Crippen LogP contribution in [0.2, 0.25) is 18.1 Å². The summed E-state index contributed by atoms with van der Waals surface area (Å²) in [5.41, 5.74) is 0. The smallest absolute Gasteiger partial charge is 0.392 e. The lowest BCUT2D eigenvalue weighted by Gasteiger charge is -2.44. The molecule has 1 aliphatic rings. The number of hydrogen-bond donors (Lipinski definition) is 1. The van der Waals surface area contributed by atoms with Crippen molar-refractivity contribution in [3.05, 3.63) is 0 Å². The summed E-state index contributed by atoms with van der Waals surface area (Å²) in [7, 11) is -2.13. The molecule has 1 heterocycles. The number of hydrogen-bond acceptors (Lipinski definition) is 3. The number of carbonyl (C=O) groups excluding carboxylic acids is 1. The quantitative estimate of drug-likeness (QED) is 0.556. The number of halogens is 4. The second-order valence-electron chi connectivity index (χ2n) is 7.41. The average molecular weight is 420 g/mol. The maximum absolute atomic E-state index is 12.5. The number of rotatable bonds is 3. The molecule has 0 aromatic carbocycles. The van der Waals surface area contributed by atoms with Crippen LogP contribution in [0.3, 0.4) is 0 Å². The molecule has 4 atom stereocenters. The lowest BCUT2D eigenvalue weighted by Crippen LogP contribution is -2.57. The highest BCUT2D eigenvalue weighted by Crippen LogP contribution is 2.39. The second-order valence-corrected chi connectivity index (χ2v) is 13.2. The van der Waals surface area contributed by atoms with Crippen molar-refractivity contribution in [3.63, 3.8) is 0 Å². The van der Waals surface area contributed by atoms with Crippen molar-refractivity contribution in [3.8, 4) is 0 Å². The topological polar surface area (TPSA) is 47.6 Å². The zero-order valence-corrected chi connectivity index (χ0v) is 16.8. The van der Waals surface area contributed by atoms with Crippen LogP contribution in [0.4, 0.5) is 13.2 Å². The van der Waals surface area contributed by atoms with Gasteiger partial charge in [-0.3, -0.25) is 4.79 Å². The Morgan fingerprint density at radius 3 is 2.26 bits per heavy atom. The summed E-state index contributed by atoms with van der Waals surface area (Å²) in [5, 5.41) is 1.99. The van der Waals surface area contributed by atoms with Gasteiger partial charge in [0.25, 0.3) is 0 Å². The van der Waals surface area contributed by atoms with E-state index in [1.165, 1.54) is 0 Å². The van der Waals surface area contributed by atoms with Gasteiger partial charge in [0, 0.05) is 12.5 Å². The first-order valence-corrected chi connectivity index (χ1v) is 11.3. The molecule has 0 spiro atoms. The predicted octanol–water partition coefficient (Wildman–Crippen LogP) is 3.95. The first kappa shape index (κ1) is 20.9. The van der Waals surface area contributed by atoms with E-state index < -0.39 is 37.6 Å². The molecule has 0 radical (unpaired) electrons. The van der Waals surface area contributed by atoms with Gasteiger partial charge in [-0.05, 0) is 25.1 Å². The van der Waals surface area contributed by atoms with E-state index in [2.05, 4.69) is 36.7 Å². The summed E-state index contributed by atoms with van der Waals surface area (Å²) >= 11 is 3.31. The van der Waals surface area contributed by atoms with Crippen molar-refractivity contribution in [1.82, 2.24) is 5.32 Å². The number of nitrogens with one attached hydrogen (secondary N) is 1. The molecule has 0 aliphatic carbocycles. The number of alkyl halides is 4. The average Bonchev–Trinajstić information content (AvgIpc) is 2.32. The molecule has 4 unspecified atom stereocenters. The molecule has 0 aromatic heterocycles. The Labute approximate surface area is 144 Å². The molecular weight excluding hydrogens is 395 g/mol. The zero-order valence-electron chi connectivity index (χ0n) is 14.3. The van der Waals surface area contributed by atoms with Crippen molar-refractivity contribution in [2.24, 2.45) is 0 Å². The van der Waals surface area contributed by atoms with E-state index in [1.54, 1.807) is 6.92 Å². The van der Waals surface area contributed by atoms with Gasteiger partial charge < -0.3 is 14.5 Å². The van der Waals surface area contributed by atoms with Crippen LogP contribution in [0, 0.1) is 0 Å². The molecule has 1 amide bonds. The van der Waals surface area contributed by atoms with E-state index in [0.717, 1.165) is 0 Å². The van der Waals surface area contributed by atoms with Crippen LogP contribution < -0.4 is 5.32 Å². The summed E-state index contributed by atoms with van der Waals surface area (Å²) in [5.74, 6) is -1.94. The molecule has 1 N–H and O–H groups in total. The first-order valence-electron chi connectivity index (χ1n) is 7.50. The van der Waals surface area contributed by atoms with E-state index in [1.807, 2.05) is 18.4 Å². The van der Waals surface area contributed by atoms with Crippen LogP contribution in [0.1, 0.15) is 34.1 Å². The van der Waals surface area contributed by atoms with Gasteiger partial charge in [-0.25, -0.2) is 0 Å². The maximum atomic E-state index is 12.5. The van der Waals surface area contributed by atoms with Crippen LogP contribution in [-0.4, -0.2) is 43.7 Å². The van der Waals surface area contributed by atoms with Crippen LogP contribution in [0.5, 0.6) is 0 Å². The fraction of sp³-hybridized carbons (Fsp3) is 0.929. The van der Waals surface area contributed by atoms with Gasteiger partial charge in [-0.2, -0.15) is 13.2 Å². The minimum atomic E-state index is -4.90. The molecule has 1 fully saturated rings. The largest absolute Gasteiger partial charge is 0.471 e. The highest BCUT2D eigenvalue weighted by atomic mass is 79.9. The Kier molecular flexibility index (Phi) is 6.38. The first-order chi connectivity index (χ1) is 10.1. The molecule has 1 aliphatic heterocycles. The lowest BCUT2D eigenvalue weighted by molar-refractivity contribution is -0.179. The molecule has 23 heavy (non-hydrogen) atoms. The molecule has 136 valence electrons. The van der Waals surface area contributed by atoms with E-state index in [4.69, 9.17) is 9.16 Å². The summed E-state index contributed by atoms with van der Waals surface area (Å²) in [6.07, 6.45) is -5.73. The summed E-state index contributed by atoms with van der Waals surface area (Å²) < 4.78 is 49.3. The van der Waals surface area contributed by atoms with Gasteiger partial charge in [-0.1, -0.05) is 36.7 Å². The van der Waals surface area contributed by atoms with Crippen molar-refractivity contribution in [1.29, 1.82) is 0 Å². The van der Waals surface area contributed by atoms with Crippen molar-refractivity contribution in [2.75, 3.05) is 0 Å². The fourth-order valence-electron chi connectivity index (χ4n) is 2.00. The number of ether oxygens (including phenoxy) is 1. The van der Waals surface area contributed by atoms with Gasteiger partial charge in [0.1, 0.15) is 6.29 Å². The van der Waals surface area contributed by atoms with Gasteiger partial charge in [0.15, 0.2) is 8.32 Å². The summed E-state index contributed by atoms with van der Waals surface area (Å²) in [6.45, 7) is 12.0. The molecule has 0 saturated carbocycles. The van der Waals surface area contributed by atoms with Gasteiger partial charge in [0.05, 0.1) is 10.9 Å². The van der Waals surface area contributed by atoms with Crippen molar-refractivity contribution in [2.45, 2.75) is 81.7 Å². The Morgan fingerprint density at radius 2 is 1.83 bits per heavy atom. The van der Waals surface area contributed by atoms with Crippen LogP contribution in [-0.2, 0) is 14.0 Å². The van der Waals surface area contributed by atoms with Gasteiger partial charge in [-0.15, -0.1) is 0 Å². The Bertz CT molecular complexity index is 440. The molecule has 0 bridgehead atoms. The standard InChI is InChI=1S/C14H25BrF3NO3Si/c1-8-11(15)9(19-12(20)14(16,17)18)7-10(21-8)22-23(5,6)13(2,3)4/h8-11H,7H2,1-6H3,(H,19,20). The van der Waals surface area contributed by atoms with Crippen molar-refractivity contribution < 1.29 is 27.1 Å². The molecule has 1 rings (SSSR count). The van der Waals surface area contributed by atoms with E-state index in [-0.39, 0.29) is 17.6 Å². The third-order valence-corrected chi connectivity index (χ3v) is 10.3. The Balaban J connectivity index is 2.81. The van der Waals surface area contributed by atoms with Gasteiger partial charge >= 0.3 is 12.1 Å².